The second-order valence-corrected chi connectivity index (χ2v) is 4.00. The first-order valence-electron chi connectivity index (χ1n) is 5.74. The molecule has 0 amide bonds. The summed E-state index contributed by atoms with van der Waals surface area (Å²) in [7, 11) is 0. The van der Waals surface area contributed by atoms with Crippen LogP contribution in [0.1, 0.15) is 25.5 Å². The molecule has 0 saturated heterocycles. The van der Waals surface area contributed by atoms with E-state index < -0.39 is 24.0 Å². The van der Waals surface area contributed by atoms with Gasteiger partial charge in [-0.15, -0.1) is 0 Å². The average Bonchev–Trinajstić information content (AvgIpc) is 2.79. The van der Waals surface area contributed by atoms with Crippen molar-refractivity contribution in [3.63, 3.8) is 0 Å². The van der Waals surface area contributed by atoms with E-state index in [-0.39, 0.29) is 6.42 Å². The smallest absolute Gasteiger partial charge is 0.321 e. The molecule has 7 nitrogen and oxygen atoms in total. The first-order chi connectivity index (χ1) is 8.54. The first-order valence-corrected chi connectivity index (χ1v) is 5.74. The summed E-state index contributed by atoms with van der Waals surface area (Å²) in [4.78, 5) is 28.7. The molecule has 1 aromatic heterocycles. The summed E-state index contributed by atoms with van der Waals surface area (Å²) >= 11 is 0. The Bertz CT molecular complexity index is 391. The average molecular weight is 255 g/mol. The number of aromatic amines is 1. The van der Waals surface area contributed by atoms with Gasteiger partial charge in [0.1, 0.15) is 12.1 Å². The monoisotopic (exact) mass is 255 g/mol. The molecule has 0 aliphatic carbocycles. The van der Waals surface area contributed by atoms with Crippen molar-refractivity contribution in [2.24, 2.45) is 0 Å². The Morgan fingerprint density at radius 3 is 2.50 bits per heavy atom. The number of imidazole rings is 1. The van der Waals surface area contributed by atoms with Crippen LogP contribution in [0.15, 0.2) is 12.5 Å². The maximum Gasteiger partial charge on any atom is 0.321 e. The van der Waals surface area contributed by atoms with Crippen LogP contribution in [0.3, 0.4) is 0 Å². The summed E-state index contributed by atoms with van der Waals surface area (Å²) in [5.41, 5.74) is 0.579. The highest BCUT2D eigenvalue weighted by molar-refractivity contribution is 5.77. The summed E-state index contributed by atoms with van der Waals surface area (Å²) in [6, 6.07) is -1.81. The highest BCUT2D eigenvalue weighted by atomic mass is 16.4. The molecule has 7 heteroatoms. The van der Waals surface area contributed by atoms with Gasteiger partial charge in [-0.05, 0) is 6.42 Å². The molecule has 2 atom stereocenters. The Morgan fingerprint density at radius 1 is 1.39 bits per heavy atom. The number of hydrogen-bond donors (Lipinski definition) is 4. The second kappa shape index (κ2) is 6.75. The van der Waals surface area contributed by atoms with Crippen LogP contribution in [0.25, 0.3) is 0 Å². The first kappa shape index (κ1) is 14.2. The van der Waals surface area contributed by atoms with Crippen molar-refractivity contribution < 1.29 is 19.8 Å². The zero-order chi connectivity index (χ0) is 13.5. The van der Waals surface area contributed by atoms with Crippen molar-refractivity contribution in [3.8, 4) is 0 Å². The van der Waals surface area contributed by atoms with E-state index >= 15 is 0 Å². The third kappa shape index (κ3) is 4.17. The lowest BCUT2D eigenvalue weighted by molar-refractivity contribution is -0.142. The van der Waals surface area contributed by atoms with E-state index in [0.717, 1.165) is 0 Å². The Hall–Kier alpha value is -1.89. The maximum absolute atomic E-state index is 11.1. The van der Waals surface area contributed by atoms with Crippen molar-refractivity contribution in [3.05, 3.63) is 18.2 Å². The number of hydrogen-bond acceptors (Lipinski definition) is 4. The molecule has 100 valence electrons. The zero-order valence-electron chi connectivity index (χ0n) is 10.1. The molecule has 0 aliphatic rings. The van der Waals surface area contributed by atoms with Gasteiger partial charge in [-0.3, -0.25) is 14.9 Å². The van der Waals surface area contributed by atoms with Crippen LogP contribution < -0.4 is 5.32 Å². The van der Waals surface area contributed by atoms with Gasteiger partial charge >= 0.3 is 11.9 Å². The van der Waals surface area contributed by atoms with Gasteiger partial charge in [-0.25, -0.2) is 4.98 Å². The fourth-order valence-electron chi connectivity index (χ4n) is 1.64. The van der Waals surface area contributed by atoms with E-state index in [0.29, 0.717) is 18.5 Å². The third-order valence-electron chi connectivity index (χ3n) is 2.54. The fraction of sp³-hybridized carbons (Fsp3) is 0.545. The largest absolute Gasteiger partial charge is 0.480 e. The van der Waals surface area contributed by atoms with E-state index in [1.54, 1.807) is 6.20 Å². The van der Waals surface area contributed by atoms with Crippen LogP contribution in [-0.4, -0.2) is 44.2 Å². The van der Waals surface area contributed by atoms with Crippen molar-refractivity contribution in [2.45, 2.75) is 38.3 Å². The van der Waals surface area contributed by atoms with E-state index in [1.165, 1.54) is 6.33 Å². The predicted octanol–water partition coefficient (Wildman–Crippen LogP) is 0.248. The van der Waals surface area contributed by atoms with E-state index in [4.69, 9.17) is 10.2 Å². The van der Waals surface area contributed by atoms with Crippen LogP contribution in [0.5, 0.6) is 0 Å². The van der Waals surface area contributed by atoms with E-state index in [2.05, 4.69) is 15.3 Å². The van der Waals surface area contributed by atoms with Crippen molar-refractivity contribution in [1.82, 2.24) is 15.3 Å². The topological polar surface area (TPSA) is 115 Å². The highest BCUT2D eigenvalue weighted by Crippen LogP contribution is 2.04. The summed E-state index contributed by atoms with van der Waals surface area (Å²) in [6.45, 7) is 1.85. The molecule has 18 heavy (non-hydrogen) atoms. The van der Waals surface area contributed by atoms with E-state index in [9.17, 15) is 9.59 Å². The van der Waals surface area contributed by atoms with Gasteiger partial charge in [0.05, 0.1) is 12.0 Å². The van der Waals surface area contributed by atoms with Gasteiger partial charge in [0.2, 0.25) is 0 Å². The van der Waals surface area contributed by atoms with Crippen LogP contribution in [0.4, 0.5) is 0 Å². The molecule has 4 N–H and O–H groups in total. The van der Waals surface area contributed by atoms with Gasteiger partial charge in [-0.2, -0.15) is 0 Å². The molecule has 1 rings (SSSR count). The number of rotatable bonds is 8. The van der Waals surface area contributed by atoms with Gasteiger partial charge < -0.3 is 15.2 Å². The van der Waals surface area contributed by atoms with Gasteiger partial charge in [0, 0.05) is 12.6 Å². The molecule has 0 radical (unpaired) electrons. The Balaban J connectivity index is 2.67. The van der Waals surface area contributed by atoms with Crippen molar-refractivity contribution in [1.29, 1.82) is 0 Å². The predicted molar refractivity (Wildman–Crippen MR) is 63.2 cm³/mol. The summed E-state index contributed by atoms with van der Waals surface area (Å²) < 4.78 is 0. The minimum atomic E-state index is -1.08. The molecular formula is C11H17N3O4. The van der Waals surface area contributed by atoms with Gasteiger partial charge in [-0.1, -0.05) is 13.3 Å². The summed E-state index contributed by atoms with van der Waals surface area (Å²) in [5, 5.41) is 20.7. The molecule has 0 spiro atoms. The lowest BCUT2D eigenvalue weighted by Crippen LogP contribution is -2.48. The molecule has 1 heterocycles. The van der Waals surface area contributed by atoms with Crippen LogP contribution in [-0.2, 0) is 16.0 Å². The normalized spacial score (nSPS) is 14.1. The summed E-state index contributed by atoms with van der Waals surface area (Å²) in [6.07, 6.45) is 4.24. The van der Waals surface area contributed by atoms with Crippen LogP contribution in [0.2, 0.25) is 0 Å². The molecule has 0 bridgehead atoms. The number of H-pyrrole nitrogens is 1. The molecule has 2 unspecified atom stereocenters. The number of aliphatic carboxylic acids is 2. The van der Waals surface area contributed by atoms with Gasteiger partial charge in [0.25, 0.3) is 0 Å². The Kier molecular flexibility index (Phi) is 5.31. The van der Waals surface area contributed by atoms with Crippen molar-refractivity contribution in [2.75, 3.05) is 0 Å². The quantitative estimate of drug-likeness (QED) is 0.529. The molecular weight excluding hydrogens is 238 g/mol. The minimum absolute atomic E-state index is 0.145. The Morgan fingerprint density at radius 2 is 2.06 bits per heavy atom. The highest BCUT2D eigenvalue weighted by Gasteiger charge is 2.25. The van der Waals surface area contributed by atoms with Crippen molar-refractivity contribution >= 4 is 11.9 Å². The molecule has 0 fully saturated rings. The van der Waals surface area contributed by atoms with Crippen LogP contribution in [0, 0.1) is 0 Å². The molecule has 0 aromatic carbocycles. The number of carboxylic acid groups (broad SMARTS) is 2. The lowest BCUT2D eigenvalue weighted by Gasteiger charge is -2.19. The second-order valence-electron chi connectivity index (χ2n) is 4.00. The number of carboxylic acids is 2. The maximum atomic E-state index is 11.1. The number of carbonyl (C=O) groups is 2. The molecule has 1 aromatic rings. The Labute approximate surface area is 104 Å². The molecule has 0 saturated carbocycles. The van der Waals surface area contributed by atoms with Gasteiger partial charge in [0.15, 0.2) is 0 Å². The lowest BCUT2D eigenvalue weighted by atomic mass is 10.1. The third-order valence-corrected chi connectivity index (χ3v) is 2.54. The van der Waals surface area contributed by atoms with E-state index in [1.807, 2.05) is 6.92 Å². The standard InChI is InChI=1S/C11H17N3O4/c1-2-3-8(10(15)16)14-9(11(17)18)4-7-5-12-6-13-7/h5-6,8-9,14H,2-4H2,1H3,(H,12,13)(H,15,16)(H,17,18). The fourth-order valence-corrected chi connectivity index (χ4v) is 1.64. The number of nitrogens with zero attached hydrogens (tertiary/aromatic N) is 1. The zero-order valence-corrected chi connectivity index (χ0v) is 10.1. The number of nitrogens with one attached hydrogen (secondary N) is 2. The SMILES string of the molecule is CCCC(NC(Cc1c[nH]cn1)C(=O)O)C(=O)O. The minimum Gasteiger partial charge on any atom is -0.480 e. The number of aromatic nitrogens is 2. The molecule has 0 aliphatic heterocycles. The summed E-state index contributed by atoms with van der Waals surface area (Å²) in [5.74, 6) is -2.12. The van der Waals surface area contributed by atoms with Crippen LogP contribution >= 0.6 is 0 Å².